The fourth-order valence-electron chi connectivity index (χ4n) is 2.41. The maximum absolute atomic E-state index is 9.86. The lowest BCUT2D eigenvalue weighted by molar-refractivity contribution is 0.133. The van der Waals surface area contributed by atoms with Gasteiger partial charge in [0.25, 0.3) is 0 Å². The number of aromatic nitrogens is 2. The van der Waals surface area contributed by atoms with Crippen LogP contribution in [-0.2, 0) is 13.0 Å². The average Bonchev–Trinajstić information content (AvgIpc) is 2.74. The molecule has 1 aromatic carbocycles. The molecular weight excluding hydrogens is 212 g/mol. The normalized spacial score (nSPS) is 19.0. The molecule has 0 radical (unpaired) electrons. The summed E-state index contributed by atoms with van der Waals surface area (Å²) in [6.45, 7) is 0.980. The number of nitrogens with zero attached hydrogens (tertiary/aromatic N) is 2. The first-order valence-electron chi connectivity index (χ1n) is 6.11. The van der Waals surface area contributed by atoms with Crippen LogP contribution < -0.4 is 0 Å². The molecule has 1 aliphatic rings. The fourth-order valence-corrected chi connectivity index (χ4v) is 2.41. The van der Waals surface area contributed by atoms with Crippen molar-refractivity contribution in [3.05, 3.63) is 53.6 Å². The van der Waals surface area contributed by atoms with E-state index < -0.39 is 0 Å². The molecule has 1 aliphatic heterocycles. The third-order valence-electron chi connectivity index (χ3n) is 3.26. The average molecular weight is 228 g/mol. The van der Waals surface area contributed by atoms with Crippen molar-refractivity contribution in [2.24, 2.45) is 0 Å². The van der Waals surface area contributed by atoms with Crippen LogP contribution in [0.4, 0.5) is 0 Å². The molecule has 0 saturated carbocycles. The summed E-state index contributed by atoms with van der Waals surface area (Å²) >= 11 is 0. The quantitative estimate of drug-likeness (QED) is 0.856. The summed E-state index contributed by atoms with van der Waals surface area (Å²) in [5.74, 6) is 0.835. The summed E-state index contributed by atoms with van der Waals surface area (Å²) in [6.07, 6.45) is 4.41. The van der Waals surface area contributed by atoms with E-state index >= 15 is 0 Å². The fraction of sp³-hybridized carbons (Fsp3) is 0.357. The zero-order valence-corrected chi connectivity index (χ0v) is 9.71. The van der Waals surface area contributed by atoms with Crippen LogP contribution in [0.25, 0.3) is 0 Å². The molecule has 1 unspecified atom stereocenters. The van der Waals surface area contributed by atoms with Crippen molar-refractivity contribution in [2.75, 3.05) is 0 Å². The molecule has 0 aliphatic carbocycles. The van der Waals surface area contributed by atoms with Crippen LogP contribution >= 0.6 is 0 Å². The summed E-state index contributed by atoms with van der Waals surface area (Å²) < 4.78 is 2.09. The van der Waals surface area contributed by atoms with Gasteiger partial charge in [0, 0.05) is 19.2 Å². The van der Waals surface area contributed by atoms with Crippen molar-refractivity contribution < 1.29 is 5.11 Å². The Morgan fingerprint density at radius 2 is 2.12 bits per heavy atom. The van der Waals surface area contributed by atoms with Gasteiger partial charge in [-0.1, -0.05) is 30.3 Å². The third-order valence-corrected chi connectivity index (χ3v) is 3.26. The van der Waals surface area contributed by atoms with Gasteiger partial charge in [0.15, 0.2) is 0 Å². The zero-order chi connectivity index (χ0) is 11.7. The summed E-state index contributed by atoms with van der Waals surface area (Å²) in [5, 5.41) is 9.86. The zero-order valence-electron chi connectivity index (χ0n) is 9.71. The van der Waals surface area contributed by atoms with E-state index in [9.17, 15) is 5.11 Å². The summed E-state index contributed by atoms with van der Waals surface area (Å²) in [6, 6.07) is 10.3. The first-order valence-corrected chi connectivity index (χ1v) is 6.11. The highest BCUT2D eigenvalue weighted by molar-refractivity contribution is 5.22. The molecule has 1 atom stereocenters. The molecular formula is C14H16N2O. The van der Waals surface area contributed by atoms with Crippen molar-refractivity contribution >= 4 is 0 Å². The number of aryl methyl sites for hydroxylation is 1. The monoisotopic (exact) mass is 228 g/mol. The summed E-state index contributed by atoms with van der Waals surface area (Å²) in [7, 11) is 0. The number of aliphatic hydroxyl groups is 1. The van der Waals surface area contributed by atoms with Gasteiger partial charge in [-0.15, -0.1) is 0 Å². The van der Waals surface area contributed by atoms with Crippen LogP contribution in [0, 0.1) is 0 Å². The Balaban J connectivity index is 1.85. The minimum Gasteiger partial charge on any atom is -0.385 e. The molecule has 1 aromatic heterocycles. The van der Waals surface area contributed by atoms with Crippen LogP contribution in [0.2, 0.25) is 0 Å². The van der Waals surface area contributed by atoms with Gasteiger partial charge in [0.05, 0.1) is 5.69 Å². The van der Waals surface area contributed by atoms with Gasteiger partial charge in [-0.2, -0.15) is 0 Å². The van der Waals surface area contributed by atoms with E-state index in [1.165, 1.54) is 5.56 Å². The number of aliphatic hydroxyl groups excluding tert-OH is 1. The summed E-state index contributed by atoms with van der Waals surface area (Å²) in [5.41, 5.74) is 2.31. The van der Waals surface area contributed by atoms with Crippen LogP contribution in [0.3, 0.4) is 0 Å². The lowest BCUT2D eigenvalue weighted by atomic mass is 10.1. The van der Waals surface area contributed by atoms with Crippen molar-refractivity contribution in [2.45, 2.75) is 31.9 Å². The highest BCUT2D eigenvalue weighted by atomic mass is 16.3. The third kappa shape index (κ3) is 2.11. The van der Waals surface area contributed by atoms with Gasteiger partial charge in [-0.05, 0) is 18.4 Å². The Labute approximate surface area is 101 Å². The number of hydrogen-bond acceptors (Lipinski definition) is 2. The first-order chi connectivity index (χ1) is 8.33. The molecule has 0 bridgehead atoms. The molecule has 3 heteroatoms. The molecule has 2 heterocycles. The second-order valence-electron chi connectivity index (χ2n) is 4.60. The highest BCUT2D eigenvalue weighted by Crippen LogP contribution is 2.24. The lowest BCUT2D eigenvalue weighted by Gasteiger charge is -2.18. The van der Waals surface area contributed by atoms with Crippen LogP contribution in [0.5, 0.6) is 0 Å². The van der Waals surface area contributed by atoms with E-state index in [-0.39, 0.29) is 6.10 Å². The van der Waals surface area contributed by atoms with Crippen LogP contribution in [-0.4, -0.2) is 14.7 Å². The van der Waals surface area contributed by atoms with E-state index in [4.69, 9.17) is 0 Å². The molecule has 3 nitrogen and oxygen atoms in total. The minimum atomic E-state index is -0.381. The van der Waals surface area contributed by atoms with E-state index in [0.717, 1.165) is 37.3 Å². The second kappa shape index (κ2) is 4.34. The minimum absolute atomic E-state index is 0.381. The molecule has 1 N–H and O–H groups in total. The number of fused-ring (bicyclic) bond motifs is 1. The smallest absolute Gasteiger partial charge is 0.137 e. The van der Waals surface area contributed by atoms with E-state index in [1.807, 2.05) is 18.2 Å². The number of benzene rings is 1. The van der Waals surface area contributed by atoms with Gasteiger partial charge in [-0.25, -0.2) is 4.98 Å². The van der Waals surface area contributed by atoms with Crippen molar-refractivity contribution in [1.29, 1.82) is 0 Å². The topological polar surface area (TPSA) is 38.0 Å². The number of imidazole rings is 1. The van der Waals surface area contributed by atoms with Gasteiger partial charge < -0.3 is 9.67 Å². The predicted molar refractivity (Wildman–Crippen MR) is 65.7 cm³/mol. The Bertz CT molecular complexity index is 504. The maximum atomic E-state index is 9.86. The standard InChI is InChI=1S/C14H16N2O/c17-13-7-4-8-16-10-12(15-14(13)16)9-11-5-2-1-3-6-11/h1-3,5-6,10,13,17H,4,7-9H2. The first kappa shape index (κ1) is 10.5. The molecule has 0 spiro atoms. The van der Waals surface area contributed by atoms with Crippen LogP contribution in [0.15, 0.2) is 36.5 Å². The second-order valence-corrected chi connectivity index (χ2v) is 4.60. The van der Waals surface area contributed by atoms with E-state index in [0.29, 0.717) is 0 Å². The predicted octanol–water partition coefficient (Wildman–Crippen LogP) is 2.30. The van der Waals surface area contributed by atoms with Gasteiger partial charge in [-0.3, -0.25) is 0 Å². The number of hydrogen-bond donors (Lipinski definition) is 1. The summed E-state index contributed by atoms with van der Waals surface area (Å²) in [4.78, 5) is 4.54. The van der Waals surface area contributed by atoms with Gasteiger partial charge >= 0.3 is 0 Å². The molecule has 88 valence electrons. The van der Waals surface area contributed by atoms with Crippen molar-refractivity contribution in [3.8, 4) is 0 Å². The maximum Gasteiger partial charge on any atom is 0.137 e. The Kier molecular flexibility index (Phi) is 2.69. The molecule has 17 heavy (non-hydrogen) atoms. The number of rotatable bonds is 2. The lowest BCUT2D eigenvalue weighted by Crippen LogP contribution is -2.14. The van der Waals surface area contributed by atoms with E-state index in [1.54, 1.807) is 0 Å². The highest BCUT2D eigenvalue weighted by Gasteiger charge is 2.20. The van der Waals surface area contributed by atoms with Gasteiger partial charge in [0.2, 0.25) is 0 Å². The molecule has 3 rings (SSSR count). The molecule has 0 saturated heterocycles. The molecule has 2 aromatic rings. The molecule has 0 amide bonds. The Morgan fingerprint density at radius 1 is 1.29 bits per heavy atom. The van der Waals surface area contributed by atoms with Gasteiger partial charge in [0.1, 0.15) is 11.9 Å². The Morgan fingerprint density at radius 3 is 2.88 bits per heavy atom. The molecule has 0 fully saturated rings. The van der Waals surface area contributed by atoms with Crippen molar-refractivity contribution in [3.63, 3.8) is 0 Å². The SMILES string of the molecule is OC1CCCn2cc(Cc3ccccc3)nc21. The van der Waals surface area contributed by atoms with Crippen LogP contribution in [0.1, 0.15) is 36.0 Å². The Hall–Kier alpha value is -1.61. The van der Waals surface area contributed by atoms with E-state index in [2.05, 4.69) is 27.9 Å². The van der Waals surface area contributed by atoms with Crippen molar-refractivity contribution in [1.82, 2.24) is 9.55 Å². The largest absolute Gasteiger partial charge is 0.385 e.